The summed E-state index contributed by atoms with van der Waals surface area (Å²) in [6.45, 7) is 0. The highest BCUT2D eigenvalue weighted by atomic mass is 19.1. The molecule has 0 aliphatic carbocycles. The summed E-state index contributed by atoms with van der Waals surface area (Å²) < 4.78 is 31.2. The number of halogens is 2. The van der Waals surface area contributed by atoms with E-state index < -0.39 is 5.82 Å². The second-order valence-corrected chi connectivity index (χ2v) is 4.17. The van der Waals surface area contributed by atoms with Gasteiger partial charge in [-0.15, -0.1) is 0 Å². The zero-order valence-electron chi connectivity index (χ0n) is 10.2. The highest BCUT2D eigenvalue weighted by molar-refractivity contribution is 5.86. The van der Waals surface area contributed by atoms with Crippen molar-refractivity contribution in [3.63, 3.8) is 0 Å². The van der Waals surface area contributed by atoms with Crippen LogP contribution in [0.5, 0.6) is 0 Å². The van der Waals surface area contributed by atoms with E-state index in [9.17, 15) is 8.78 Å². The third-order valence-corrected chi connectivity index (χ3v) is 2.83. The van der Waals surface area contributed by atoms with Crippen LogP contribution < -0.4 is 5.73 Å². The van der Waals surface area contributed by atoms with Crippen molar-refractivity contribution in [1.29, 1.82) is 0 Å². The van der Waals surface area contributed by atoms with Crippen LogP contribution >= 0.6 is 0 Å². The van der Waals surface area contributed by atoms with Crippen molar-refractivity contribution in [2.75, 3.05) is 5.73 Å². The predicted octanol–water partition coefficient (Wildman–Crippen LogP) is 3.26. The van der Waals surface area contributed by atoms with Crippen LogP contribution in [-0.4, -0.2) is 10.1 Å². The fourth-order valence-corrected chi connectivity index (χ4v) is 1.94. The number of aromatic nitrogens is 2. The van der Waals surface area contributed by atoms with E-state index in [1.54, 1.807) is 12.1 Å². The Hall–Kier alpha value is -2.76. The van der Waals surface area contributed by atoms with E-state index in [1.807, 2.05) is 0 Å². The molecule has 20 heavy (non-hydrogen) atoms. The number of nitrogens with zero attached hydrogens (tertiary/aromatic N) is 2. The first-order chi connectivity index (χ1) is 9.65. The first-order valence-corrected chi connectivity index (χ1v) is 5.77. The Morgan fingerprint density at radius 3 is 2.40 bits per heavy atom. The Kier molecular flexibility index (Phi) is 2.90. The molecule has 0 unspecified atom stereocenters. The van der Waals surface area contributed by atoms with Crippen LogP contribution in [0.25, 0.3) is 22.4 Å². The zero-order chi connectivity index (χ0) is 14.1. The molecular weight excluding hydrogens is 264 g/mol. The minimum Gasteiger partial charge on any atom is -0.367 e. The predicted molar refractivity (Wildman–Crippen MR) is 69.5 cm³/mol. The van der Waals surface area contributed by atoms with E-state index >= 15 is 0 Å². The number of anilines is 1. The third-order valence-electron chi connectivity index (χ3n) is 2.83. The monoisotopic (exact) mass is 273 g/mol. The van der Waals surface area contributed by atoms with Crippen molar-refractivity contribution in [2.24, 2.45) is 0 Å². The largest absolute Gasteiger partial charge is 0.367 e. The molecule has 0 spiro atoms. The van der Waals surface area contributed by atoms with E-state index in [2.05, 4.69) is 10.1 Å². The standard InChI is InChI=1S/C14H9F2N3O/c15-10-3-1-8(2-4-10)12-13(19-20-14(12)17)9-5-11(16)7-18-6-9/h1-7H,17H2. The van der Waals surface area contributed by atoms with Gasteiger partial charge in [-0.1, -0.05) is 17.3 Å². The van der Waals surface area contributed by atoms with Gasteiger partial charge in [0.05, 0.1) is 11.8 Å². The summed E-state index contributed by atoms with van der Waals surface area (Å²) in [4.78, 5) is 3.76. The Balaban J connectivity index is 2.17. The van der Waals surface area contributed by atoms with Crippen LogP contribution in [0.2, 0.25) is 0 Å². The summed E-state index contributed by atoms with van der Waals surface area (Å²) in [7, 11) is 0. The fourth-order valence-electron chi connectivity index (χ4n) is 1.94. The second-order valence-electron chi connectivity index (χ2n) is 4.17. The van der Waals surface area contributed by atoms with Gasteiger partial charge in [-0.3, -0.25) is 4.98 Å². The molecule has 2 aromatic heterocycles. The van der Waals surface area contributed by atoms with Gasteiger partial charge in [0.15, 0.2) is 0 Å². The van der Waals surface area contributed by atoms with Gasteiger partial charge in [-0.05, 0) is 23.8 Å². The molecule has 0 aliphatic heterocycles. The van der Waals surface area contributed by atoms with Crippen molar-refractivity contribution in [3.05, 3.63) is 54.4 Å². The molecule has 4 nitrogen and oxygen atoms in total. The average Bonchev–Trinajstić information content (AvgIpc) is 2.82. The maximum Gasteiger partial charge on any atom is 0.230 e. The molecule has 0 saturated carbocycles. The van der Waals surface area contributed by atoms with E-state index in [-0.39, 0.29) is 11.7 Å². The number of nitrogens with two attached hydrogens (primary N) is 1. The zero-order valence-corrected chi connectivity index (χ0v) is 10.2. The van der Waals surface area contributed by atoms with Crippen molar-refractivity contribution in [2.45, 2.75) is 0 Å². The molecule has 6 heteroatoms. The molecule has 100 valence electrons. The molecule has 0 radical (unpaired) electrons. The van der Waals surface area contributed by atoms with Crippen molar-refractivity contribution >= 4 is 5.88 Å². The lowest BCUT2D eigenvalue weighted by Gasteiger charge is -2.02. The third kappa shape index (κ3) is 2.11. The highest BCUT2D eigenvalue weighted by Gasteiger charge is 2.18. The van der Waals surface area contributed by atoms with Crippen LogP contribution in [0.3, 0.4) is 0 Å². The molecule has 0 aliphatic rings. The number of pyridine rings is 1. The van der Waals surface area contributed by atoms with Crippen LogP contribution in [-0.2, 0) is 0 Å². The van der Waals surface area contributed by atoms with Crippen LogP contribution in [0, 0.1) is 11.6 Å². The Morgan fingerprint density at radius 2 is 1.70 bits per heavy atom. The fraction of sp³-hybridized carbons (Fsp3) is 0. The summed E-state index contributed by atoms with van der Waals surface area (Å²) >= 11 is 0. The molecular formula is C14H9F2N3O. The Bertz CT molecular complexity index is 753. The molecule has 3 aromatic rings. The first kappa shape index (κ1) is 12.3. The molecule has 2 heterocycles. The lowest BCUT2D eigenvalue weighted by molar-refractivity contribution is 0.439. The molecule has 0 amide bonds. The first-order valence-electron chi connectivity index (χ1n) is 5.77. The number of hydrogen-bond donors (Lipinski definition) is 1. The van der Waals surface area contributed by atoms with Gasteiger partial charge in [-0.2, -0.15) is 0 Å². The molecule has 0 fully saturated rings. The molecule has 2 N–H and O–H groups in total. The van der Waals surface area contributed by atoms with Gasteiger partial charge in [0.25, 0.3) is 0 Å². The van der Waals surface area contributed by atoms with Gasteiger partial charge in [0, 0.05) is 11.8 Å². The normalized spacial score (nSPS) is 10.7. The van der Waals surface area contributed by atoms with Crippen molar-refractivity contribution in [3.8, 4) is 22.4 Å². The maximum absolute atomic E-state index is 13.2. The lowest BCUT2D eigenvalue weighted by Crippen LogP contribution is -1.89. The Labute approximate surface area is 112 Å². The summed E-state index contributed by atoms with van der Waals surface area (Å²) in [6.07, 6.45) is 2.54. The summed E-state index contributed by atoms with van der Waals surface area (Å²) in [6, 6.07) is 6.98. The van der Waals surface area contributed by atoms with Crippen LogP contribution in [0.1, 0.15) is 0 Å². The molecule has 0 saturated heterocycles. The highest BCUT2D eigenvalue weighted by Crippen LogP contribution is 2.35. The smallest absolute Gasteiger partial charge is 0.230 e. The topological polar surface area (TPSA) is 64.9 Å². The number of benzene rings is 1. The van der Waals surface area contributed by atoms with Gasteiger partial charge >= 0.3 is 0 Å². The summed E-state index contributed by atoms with van der Waals surface area (Å²) in [5.41, 5.74) is 7.66. The SMILES string of the molecule is Nc1onc(-c2cncc(F)c2)c1-c1ccc(F)cc1. The minimum atomic E-state index is -0.492. The van der Waals surface area contributed by atoms with Crippen molar-refractivity contribution in [1.82, 2.24) is 10.1 Å². The van der Waals surface area contributed by atoms with Gasteiger partial charge in [0.2, 0.25) is 5.88 Å². The lowest BCUT2D eigenvalue weighted by atomic mass is 10.0. The van der Waals surface area contributed by atoms with Gasteiger partial charge in [0.1, 0.15) is 17.3 Å². The summed E-state index contributed by atoms with van der Waals surface area (Å²) in [5.74, 6) is -0.775. The maximum atomic E-state index is 13.2. The number of nitrogen functional groups attached to an aromatic ring is 1. The number of rotatable bonds is 2. The van der Waals surface area contributed by atoms with Crippen LogP contribution in [0.15, 0.2) is 47.2 Å². The summed E-state index contributed by atoms with van der Waals surface area (Å²) in [5, 5.41) is 3.83. The molecule has 3 rings (SSSR count). The van der Waals surface area contributed by atoms with E-state index in [4.69, 9.17) is 10.3 Å². The van der Waals surface area contributed by atoms with Gasteiger partial charge in [-0.25, -0.2) is 8.78 Å². The quantitative estimate of drug-likeness (QED) is 0.778. The minimum absolute atomic E-state index is 0.0795. The molecule has 0 atom stereocenters. The number of hydrogen-bond acceptors (Lipinski definition) is 4. The Morgan fingerprint density at radius 1 is 0.950 bits per heavy atom. The van der Waals surface area contributed by atoms with E-state index in [1.165, 1.54) is 24.4 Å². The van der Waals surface area contributed by atoms with Crippen LogP contribution in [0.4, 0.5) is 14.7 Å². The van der Waals surface area contributed by atoms with Gasteiger partial charge < -0.3 is 10.3 Å². The molecule has 1 aromatic carbocycles. The van der Waals surface area contributed by atoms with E-state index in [0.29, 0.717) is 22.4 Å². The average molecular weight is 273 g/mol. The van der Waals surface area contributed by atoms with Crippen molar-refractivity contribution < 1.29 is 13.3 Å². The molecule has 0 bridgehead atoms. The van der Waals surface area contributed by atoms with E-state index in [0.717, 1.165) is 6.20 Å². The second kappa shape index (κ2) is 4.73.